The van der Waals surface area contributed by atoms with Gasteiger partial charge < -0.3 is 15.6 Å². The molecule has 3 N–H and O–H groups in total. The first-order chi connectivity index (χ1) is 8.38. The van der Waals surface area contributed by atoms with E-state index in [1.807, 2.05) is 0 Å². The number of nitrogens with two attached hydrogens (primary N) is 1. The van der Waals surface area contributed by atoms with Crippen LogP contribution in [0.4, 0.5) is 4.39 Å². The number of carbonyl (C=O) groups excluding carboxylic acids is 1. The number of ether oxygens (including phenoxy) is 1. The van der Waals surface area contributed by atoms with Gasteiger partial charge in [0.2, 0.25) is 6.17 Å². The van der Waals surface area contributed by atoms with Crippen LogP contribution < -0.4 is 5.73 Å². The Morgan fingerprint density at radius 2 is 1.94 bits per heavy atom. The van der Waals surface area contributed by atoms with E-state index in [1.54, 1.807) is 20.8 Å². The molecule has 4 nitrogen and oxygen atoms in total. The van der Waals surface area contributed by atoms with Crippen LogP contribution in [0.2, 0.25) is 0 Å². The SMILES string of the molecule is CCOC(=O)C(F)[C@@H](N)c1c(C)cc(O)cc1C. The number of aromatic hydroxyl groups is 1. The summed E-state index contributed by atoms with van der Waals surface area (Å²) in [6.07, 6.45) is -1.91. The maximum absolute atomic E-state index is 13.9. The number of phenolic OH excluding ortho intramolecular Hbond substituents is 1. The Balaban J connectivity index is 3.03. The third-order valence-electron chi connectivity index (χ3n) is 2.74. The van der Waals surface area contributed by atoms with E-state index >= 15 is 0 Å². The van der Waals surface area contributed by atoms with E-state index in [0.717, 1.165) is 0 Å². The second kappa shape index (κ2) is 5.82. The average Bonchev–Trinajstić information content (AvgIpc) is 2.26. The molecule has 0 aliphatic rings. The van der Waals surface area contributed by atoms with Crippen LogP contribution in [-0.4, -0.2) is 23.9 Å². The van der Waals surface area contributed by atoms with E-state index in [1.165, 1.54) is 12.1 Å². The van der Waals surface area contributed by atoms with Gasteiger partial charge in [0.1, 0.15) is 5.75 Å². The van der Waals surface area contributed by atoms with Crippen molar-refractivity contribution in [2.75, 3.05) is 6.61 Å². The van der Waals surface area contributed by atoms with Crippen molar-refractivity contribution in [3.63, 3.8) is 0 Å². The molecule has 0 aliphatic carbocycles. The van der Waals surface area contributed by atoms with Gasteiger partial charge in [-0.3, -0.25) is 0 Å². The molecule has 0 spiro atoms. The Kier molecular flexibility index (Phi) is 4.67. The zero-order chi connectivity index (χ0) is 13.9. The Labute approximate surface area is 106 Å². The molecule has 0 saturated heterocycles. The number of phenols is 1. The summed E-state index contributed by atoms with van der Waals surface area (Å²) in [5.41, 5.74) is 7.58. The molecule has 100 valence electrons. The minimum Gasteiger partial charge on any atom is -0.508 e. The number of halogens is 1. The van der Waals surface area contributed by atoms with E-state index in [0.29, 0.717) is 16.7 Å². The second-order valence-electron chi connectivity index (χ2n) is 4.17. The molecule has 0 aromatic heterocycles. The number of carbonyl (C=O) groups is 1. The van der Waals surface area contributed by atoms with Gasteiger partial charge in [-0.2, -0.15) is 0 Å². The standard InChI is InChI=1S/C13H18FNO3/c1-4-18-13(17)11(14)12(15)10-7(2)5-9(16)6-8(10)3/h5-6,11-12,16H,4,15H2,1-3H3/t11?,12-/m0/s1. The van der Waals surface area contributed by atoms with Crippen molar-refractivity contribution in [3.8, 4) is 5.75 Å². The largest absolute Gasteiger partial charge is 0.508 e. The van der Waals surface area contributed by atoms with E-state index in [4.69, 9.17) is 5.73 Å². The molecule has 1 aromatic carbocycles. The topological polar surface area (TPSA) is 72.5 Å². The highest BCUT2D eigenvalue weighted by molar-refractivity contribution is 5.76. The number of aryl methyl sites for hydroxylation is 2. The van der Waals surface area contributed by atoms with Gasteiger partial charge in [0.05, 0.1) is 12.6 Å². The molecular formula is C13H18FNO3. The summed E-state index contributed by atoms with van der Waals surface area (Å²) < 4.78 is 18.5. The van der Waals surface area contributed by atoms with Crippen LogP contribution in [0.25, 0.3) is 0 Å². The number of esters is 1. The highest BCUT2D eigenvalue weighted by atomic mass is 19.1. The predicted octanol–water partition coefficient (Wildman–Crippen LogP) is 1.91. The molecule has 1 unspecified atom stereocenters. The Morgan fingerprint density at radius 3 is 2.39 bits per heavy atom. The fourth-order valence-electron chi connectivity index (χ4n) is 1.99. The minimum atomic E-state index is -1.91. The first-order valence-corrected chi connectivity index (χ1v) is 5.74. The van der Waals surface area contributed by atoms with Crippen LogP contribution in [0.3, 0.4) is 0 Å². The lowest BCUT2D eigenvalue weighted by atomic mass is 9.93. The summed E-state index contributed by atoms with van der Waals surface area (Å²) in [6.45, 7) is 5.13. The molecule has 18 heavy (non-hydrogen) atoms. The zero-order valence-electron chi connectivity index (χ0n) is 10.7. The van der Waals surface area contributed by atoms with Crippen LogP contribution in [0.15, 0.2) is 12.1 Å². The molecule has 1 aromatic rings. The van der Waals surface area contributed by atoms with Gasteiger partial charge in [0.25, 0.3) is 0 Å². The van der Waals surface area contributed by atoms with Gasteiger partial charge in [-0.05, 0) is 49.6 Å². The summed E-state index contributed by atoms with van der Waals surface area (Å²) in [6, 6.07) is 1.88. The van der Waals surface area contributed by atoms with Gasteiger partial charge in [0.15, 0.2) is 0 Å². The molecule has 0 amide bonds. The quantitative estimate of drug-likeness (QED) is 0.806. The summed E-state index contributed by atoms with van der Waals surface area (Å²) in [7, 11) is 0. The molecule has 0 bridgehead atoms. The van der Waals surface area contributed by atoms with E-state index < -0.39 is 18.2 Å². The fraction of sp³-hybridized carbons (Fsp3) is 0.462. The lowest BCUT2D eigenvalue weighted by Gasteiger charge is -2.20. The van der Waals surface area contributed by atoms with Crippen molar-refractivity contribution in [2.45, 2.75) is 33.0 Å². The molecule has 0 radical (unpaired) electrons. The fourth-order valence-corrected chi connectivity index (χ4v) is 1.99. The molecule has 0 fully saturated rings. The Hall–Kier alpha value is -1.62. The summed E-state index contributed by atoms with van der Waals surface area (Å²) >= 11 is 0. The van der Waals surface area contributed by atoms with Crippen LogP contribution in [0, 0.1) is 13.8 Å². The van der Waals surface area contributed by atoms with Crippen LogP contribution in [-0.2, 0) is 9.53 Å². The minimum absolute atomic E-state index is 0.0903. The number of alkyl halides is 1. The predicted molar refractivity (Wildman–Crippen MR) is 66.0 cm³/mol. The van der Waals surface area contributed by atoms with E-state index in [9.17, 15) is 14.3 Å². The normalized spacial score (nSPS) is 14.1. The van der Waals surface area contributed by atoms with E-state index in [2.05, 4.69) is 4.74 Å². The number of hydrogen-bond acceptors (Lipinski definition) is 4. The van der Waals surface area contributed by atoms with Gasteiger partial charge in [-0.1, -0.05) is 0 Å². The first-order valence-electron chi connectivity index (χ1n) is 5.74. The highest BCUT2D eigenvalue weighted by Gasteiger charge is 2.29. The van der Waals surface area contributed by atoms with Crippen molar-refractivity contribution >= 4 is 5.97 Å². The average molecular weight is 255 g/mol. The molecule has 2 atom stereocenters. The van der Waals surface area contributed by atoms with Crippen LogP contribution >= 0.6 is 0 Å². The van der Waals surface area contributed by atoms with Crippen molar-refractivity contribution in [1.29, 1.82) is 0 Å². The monoisotopic (exact) mass is 255 g/mol. The molecule has 0 saturated carbocycles. The number of rotatable bonds is 4. The highest BCUT2D eigenvalue weighted by Crippen LogP contribution is 2.28. The third-order valence-corrected chi connectivity index (χ3v) is 2.74. The Morgan fingerprint density at radius 1 is 1.44 bits per heavy atom. The van der Waals surface area contributed by atoms with Gasteiger partial charge in [-0.15, -0.1) is 0 Å². The molecule has 1 rings (SSSR count). The van der Waals surface area contributed by atoms with Gasteiger partial charge >= 0.3 is 5.97 Å². The van der Waals surface area contributed by atoms with Gasteiger partial charge in [0, 0.05) is 0 Å². The summed E-state index contributed by atoms with van der Waals surface area (Å²) in [5.74, 6) is -0.871. The maximum atomic E-state index is 13.9. The van der Waals surface area contributed by atoms with Crippen molar-refractivity contribution < 1.29 is 19.0 Å². The summed E-state index contributed by atoms with van der Waals surface area (Å²) in [4.78, 5) is 11.3. The van der Waals surface area contributed by atoms with E-state index in [-0.39, 0.29) is 12.4 Å². The molecule has 0 heterocycles. The number of benzene rings is 1. The lowest BCUT2D eigenvalue weighted by Crippen LogP contribution is -2.32. The third kappa shape index (κ3) is 2.98. The lowest BCUT2D eigenvalue weighted by molar-refractivity contribution is -0.149. The molecule has 5 heteroatoms. The Bertz CT molecular complexity index is 425. The summed E-state index contributed by atoms with van der Waals surface area (Å²) in [5, 5.41) is 9.41. The van der Waals surface area contributed by atoms with Crippen molar-refractivity contribution in [2.24, 2.45) is 5.73 Å². The van der Waals surface area contributed by atoms with Gasteiger partial charge in [-0.25, -0.2) is 9.18 Å². The first kappa shape index (κ1) is 14.4. The van der Waals surface area contributed by atoms with Crippen molar-refractivity contribution in [1.82, 2.24) is 0 Å². The second-order valence-corrected chi connectivity index (χ2v) is 4.17. The van der Waals surface area contributed by atoms with Crippen LogP contribution in [0.1, 0.15) is 29.7 Å². The number of hydrogen-bond donors (Lipinski definition) is 2. The molecule has 0 aliphatic heterocycles. The maximum Gasteiger partial charge on any atom is 0.342 e. The smallest absolute Gasteiger partial charge is 0.342 e. The molecular weight excluding hydrogens is 237 g/mol. The zero-order valence-corrected chi connectivity index (χ0v) is 10.7. The van der Waals surface area contributed by atoms with Crippen LogP contribution in [0.5, 0.6) is 5.75 Å². The van der Waals surface area contributed by atoms with Crippen molar-refractivity contribution in [3.05, 3.63) is 28.8 Å².